The molecular formula is C12H14N2O4S. The van der Waals surface area contributed by atoms with E-state index in [1.807, 2.05) is 30.3 Å². The van der Waals surface area contributed by atoms with Crippen molar-refractivity contribution in [3.8, 4) is 0 Å². The van der Waals surface area contributed by atoms with Gasteiger partial charge in [0.25, 0.3) is 10.0 Å². The van der Waals surface area contributed by atoms with Crippen LogP contribution in [0.3, 0.4) is 0 Å². The molecule has 0 saturated carbocycles. The van der Waals surface area contributed by atoms with Gasteiger partial charge in [-0.1, -0.05) is 30.3 Å². The molecule has 0 fully saturated rings. The Morgan fingerprint density at radius 3 is 2.53 bits per heavy atom. The van der Waals surface area contributed by atoms with Crippen LogP contribution in [0, 0.1) is 0 Å². The highest BCUT2D eigenvalue weighted by molar-refractivity contribution is 7.89. The summed E-state index contributed by atoms with van der Waals surface area (Å²) in [5.41, 5.74) is 3.71. The standard InChI is InChI=1S/C12H14N2O4S/c13-19(15,16)12-7-6-11(18-12)8-14-17-9-10-4-2-1-3-5-10/h1-7,14H,8-9H2,(H2,13,15,16). The zero-order chi connectivity index (χ0) is 13.7. The summed E-state index contributed by atoms with van der Waals surface area (Å²) in [6.07, 6.45) is 0. The third kappa shape index (κ3) is 4.18. The summed E-state index contributed by atoms with van der Waals surface area (Å²) >= 11 is 0. The van der Waals surface area contributed by atoms with Gasteiger partial charge in [0.15, 0.2) is 0 Å². The third-order valence-corrected chi connectivity index (χ3v) is 3.13. The van der Waals surface area contributed by atoms with Crippen LogP contribution in [0.2, 0.25) is 0 Å². The van der Waals surface area contributed by atoms with E-state index in [-0.39, 0.29) is 11.6 Å². The molecule has 1 heterocycles. The predicted molar refractivity (Wildman–Crippen MR) is 68.2 cm³/mol. The van der Waals surface area contributed by atoms with Gasteiger partial charge in [0, 0.05) is 0 Å². The average Bonchev–Trinajstić information content (AvgIpc) is 2.85. The van der Waals surface area contributed by atoms with Crippen LogP contribution in [0.4, 0.5) is 0 Å². The van der Waals surface area contributed by atoms with E-state index < -0.39 is 10.0 Å². The van der Waals surface area contributed by atoms with Crippen LogP contribution >= 0.6 is 0 Å². The first-order chi connectivity index (χ1) is 9.05. The highest BCUT2D eigenvalue weighted by Crippen LogP contribution is 2.11. The van der Waals surface area contributed by atoms with Gasteiger partial charge in [-0.3, -0.25) is 4.84 Å². The summed E-state index contributed by atoms with van der Waals surface area (Å²) < 4.78 is 27.0. The lowest BCUT2D eigenvalue weighted by atomic mass is 10.2. The largest absolute Gasteiger partial charge is 0.447 e. The topological polar surface area (TPSA) is 94.6 Å². The Morgan fingerprint density at radius 1 is 1.16 bits per heavy atom. The van der Waals surface area contributed by atoms with Gasteiger partial charge >= 0.3 is 0 Å². The first-order valence-electron chi connectivity index (χ1n) is 5.56. The maximum Gasteiger partial charge on any atom is 0.271 e. The third-order valence-electron chi connectivity index (χ3n) is 2.35. The second-order valence-electron chi connectivity index (χ2n) is 3.86. The van der Waals surface area contributed by atoms with Crippen molar-refractivity contribution in [1.29, 1.82) is 0 Å². The molecule has 0 bridgehead atoms. The van der Waals surface area contributed by atoms with Crippen LogP contribution < -0.4 is 10.6 Å². The fourth-order valence-corrected chi connectivity index (χ4v) is 1.92. The summed E-state index contributed by atoms with van der Waals surface area (Å²) in [5.74, 6) is 0.428. The number of nitrogens with one attached hydrogen (secondary N) is 1. The molecule has 1 aromatic heterocycles. The van der Waals surface area contributed by atoms with Gasteiger partial charge in [-0.05, 0) is 17.7 Å². The molecule has 0 aliphatic rings. The van der Waals surface area contributed by atoms with E-state index in [0.29, 0.717) is 12.4 Å². The van der Waals surface area contributed by atoms with Crippen molar-refractivity contribution in [3.05, 3.63) is 53.8 Å². The molecule has 0 aliphatic heterocycles. The monoisotopic (exact) mass is 282 g/mol. The smallest absolute Gasteiger partial charge is 0.271 e. The summed E-state index contributed by atoms with van der Waals surface area (Å²) in [5, 5.41) is 4.67. The average molecular weight is 282 g/mol. The number of furan rings is 1. The van der Waals surface area contributed by atoms with Gasteiger partial charge in [0.2, 0.25) is 5.09 Å². The van der Waals surface area contributed by atoms with Crippen LogP contribution in [0.5, 0.6) is 0 Å². The van der Waals surface area contributed by atoms with Crippen LogP contribution in [0.15, 0.2) is 52.0 Å². The molecule has 0 radical (unpaired) electrons. The second-order valence-corrected chi connectivity index (χ2v) is 5.35. The van der Waals surface area contributed by atoms with E-state index in [1.54, 1.807) is 0 Å². The van der Waals surface area contributed by atoms with Crippen LogP contribution in [-0.2, 0) is 28.0 Å². The minimum absolute atomic E-state index is 0.252. The molecule has 19 heavy (non-hydrogen) atoms. The Bertz CT molecular complexity index is 622. The molecule has 0 spiro atoms. The number of nitrogens with two attached hydrogens (primary N) is 1. The molecule has 0 atom stereocenters. The highest BCUT2D eigenvalue weighted by atomic mass is 32.2. The molecular weight excluding hydrogens is 268 g/mol. The van der Waals surface area contributed by atoms with Crippen molar-refractivity contribution in [1.82, 2.24) is 5.48 Å². The molecule has 2 rings (SSSR count). The van der Waals surface area contributed by atoms with Crippen LogP contribution in [0.1, 0.15) is 11.3 Å². The van der Waals surface area contributed by atoms with Crippen molar-refractivity contribution in [2.24, 2.45) is 5.14 Å². The Kier molecular flexibility index (Phi) is 4.33. The number of hydrogen-bond donors (Lipinski definition) is 2. The molecule has 102 valence electrons. The van der Waals surface area contributed by atoms with Crippen LogP contribution in [-0.4, -0.2) is 8.42 Å². The van der Waals surface area contributed by atoms with Gasteiger partial charge in [0.1, 0.15) is 5.76 Å². The molecule has 1 aromatic carbocycles. The number of primary sulfonamides is 1. The summed E-state index contributed by atoms with van der Waals surface area (Å²) in [7, 11) is -3.79. The first kappa shape index (κ1) is 13.8. The number of benzene rings is 1. The lowest BCUT2D eigenvalue weighted by molar-refractivity contribution is 0.0196. The number of rotatable bonds is 6. The number of hydroxylamine groups is 1. The Balaban J connectivity index is 1.79. The van der Waals surface area contributed by atoms with Crippen molar-refractivity contribution in [2.45, 2.75) is 18.2 Å². The zero-order valence-corrected chi connectivity index (χ0v) is 10.9. The first-order valence-corrected chi connectivity index (χ1v) is 7.10. The van der Waals surface area contributed by atoms with Crippen molar-refractivity contribution in [3.63, 3.8) is 0 Å². The van der Waals surface area contributed by atoms with Crippen molar-refractivity contribution < 1.29 is 17.7 Å². The number of sulfonamides is 1. The zero-order valence-electron chi connectivity index (χ0n) is 10.1. The van der Waals surface area contributed by atoms with Gasteiger partial charge in [-0.2, -0.15) is 5.48 Å². The Labute approximate surface area is 111 Å². The van der Waals surface area contributed by atoms with E-state index in [9.17, 15) is 8.42 Å². The maximum absolute atomic E-state index is 11.0. The molecule has 2 aromatic rings. The molecule has 6 nitrogen and oxygen atoms in total. The van der Waals surface area contributed by atoms with E-state index >= 15 is 0 Å². The van der Waals surface area contributed by atoms with Gasteiger partial charge < -0.3 is 4.42 Å². The predicted octanol–water partition coefficient (Wildman–Crippen LogP) is 1.15. The van der Waals surface area contributed by atoms with Crippen molar-refractivity contribution >= 4 is 10.0 Å². The molecule has 0 amide bonds. The van der Waals surface area contributed by atoms with Gasteiger partial charge in [-0.15, -0.1) is 0 Å². The summed E-state index contributed by atoms with van der Waals surface area (Å²) in [6, 6.07) is 12.5. The quantitative estimate of drug-likeness (QED) is 0.612. The Hall–Kier alpha value is -1.67. The fourth-order valence-electron chi connectivity index (χ4n) is 1.44. The lowest BCUT2D eigenvalue weighted by Gasteiger charge is -2.04. The fraction of sp³-hybridized carbons (Fsp3) is 0.167. The minimum Gasteiger partial charge on any atom is -0.447 e. The molecule has 3 N–H and O–H groups in total. The summed E-state index contributed by atoms with van der Waals surface area (Å²) in [6.45, 7) is 0.659. The normalized spacial score (nSPS) is 11.6. The van der Waals surface area contributed by atoms with Gasteiger partial charge in [-0.25, -0.2) is 13.6 Å². The van der Waals surface area contributed by atoms with Gasteiger partial charge in [0.05, 0.1) is 13.2 Å². The molecule has 0 aliphatic carbocycles. The van der Waals surface area contributed by atoms with E-state index in [0.717, 1.165) is 5.56 Å². The summed E-state index contributed by atoms with van der Waals surface area (Å²) in [4.78, 5) is 5.23. The SMILES string of the molecule is NS(=O)(=O)c1ccc(CNOCc2ccccc2)o1. The molecule has 0 saturated heterocycles. The Morgan fingerprint density at radius 2 is 1.89 bits per heavy atom. The van der Waals surface area contributed by atoms with E-state index in [1.165, 1.54) is 12.1 Å². The molecule has 0 unspecified atom stereocenters. The van der Waals surface area contributed by atoms with Crippen molar-refractivity contribution in [2.75, 3.05) is 0 Å². The second kappa shape index (κ2) is 5.98. The highest BCUT2D eigenvalue weighted by Gasteiger charge is 2.12. The lowest BCUT2D eigenvalue weighted by Crippen LogP contribution is -2.13. The van der Waals surface area contributed by atoms with E-state index in [4.69, 9.17) is 14.4 Å². The molecule has 7 heteroatoms. The minimum atomic E-state index is -3.79. The number of hydrogen-bond acceptors (Lipinski definition) is 5. The van der Waals surface area contributed by atoms with E-state index in [2.05, 4.69) is 5.48 Å². The maximum atomic E-state index is 11.0. The van der Waals surface area contributed by atoms with Crippen LogP contribution in [0.25, 0.3) is 0 Å².